The normalized spacial score (nSPS) is 20.6. The molecule has 0 radical (unpaired) electrons. The first-order chi connectivity index (χ1) is 19.4. The molecule has 0 N–H and O–H groups in total. The molecule has 1 unspecified atom stereocenters. The molecule has 0 heterocycles. The lowest BCUT2D eigenvalue weighted by molar-refractivity contribution is 0.354. The van der Waals surface area contributed by atoms with Crippen LogP contribution < -0.4 is 0 Å². The van der Waals surface area contributed by atoms with Crippen LogP contribution in [0.2, 0.25) is 0 Å². The third-order valence-corrected chi connectivity index (χ3v) is 9.26. The molecule has 0 amide bonds. The molecule has 1 fully saturated rings. The van der Waals surface area contributed by atoms with E-state index in [1.165, 1.54) is 0 Å². The second-order valence-electron chi connectivity index (χ2n) is 11.8. The van der Waals surface area contributed by atoms with E-state index >= 15 is 13.2 Å². The van der Waals surface area contributed by atoms with Crippen LogP contribution in [0.3, 0.4) is 0 Å². The molecule has 0 saturated heterocycles. The van der Waals surface area contributed by atoms with Crippen LogP contribution in [0.5, 0.6) is 0 Å². The molecule has 0 aromatic heterocycles. The molecule has 3 aromatic rings. The minimum atomic E-state index is -1.02. The summed E-state index contributed by atoms with van der Waals surface area (Å²) in [7, 11) is 0. The number of halogens is 4. The Hall–Kier alpha value is -3.13. The van der Waals surface area contributed by atoms with Gasteiger partial charge in [-0.15, -0.1) is 0 Å². The van der Waals surface area contributed by atoms with Crippen molar-refractivity contribution in [3.05, 3.63) is 105 Å². The summed E-state index contributed by atoms with van der Waals surface area (Å²) in [4.78, 5) is 0. The Balaban J connectivity index is 1.24. The molecule has 40 heavy (non-hydrogen) atoms. The Morgan fingerprint density at radius 1 is 0.800 bits per heavy atom. The monoisotopic (exact) mass is 547 g/mol. The van der Waals surface area contributed by atoms with Gasteiger partial charge in [0.15, 0.2) is 11.6 Å². The number of unbranched alkanes of at least 4 members (excludes halogenated alkanes) is 1. The summed E-state index contributed by atoms with van der Waals surface area (Å²) in [5.74, 6) is -2.67. The molecule has 1 saturated carbocycles. The van der Waals surface area contributed by atoms with Crippen LogP contribution in [0.4, 0.5) is 17.6 Å². The van der Waals surface area contributed by atoms with Crippen molar-refractivity contribution >= 4 is 0 Å². The molecular weight excluding hydrogens is 510 g/mol. The Morgan fingerprint density at radius 2 is 1.52 bits per heavy atom. The van der Waals surface area contributed by atoms with E-state index in [-0.39, 0.29) is 41.1 Å². The van der Waals surface area contributed by atoms with Crippen molar-refractivity contribution in [3.8, 4) is 6.07 Å². The predicted octanol–water partition coefficient (Wildman–Crippen LogP) is 9.64. The minimum absolute atomic E-state index is 0.0636. The lowest BCUT2D eigenvalue weighted by atomic mass is 9.73. The van der Waals surface area contributed by atoms with E-state index in [0.29, 0.717) is 55.2 Å². The van der Waals surface area contributed by atoms with Gasteiger partial charge in [0.1, 0.15) is 11.6 Å². The fourth-order valence-corrected chi connectivity index (χ4v) is 6.83. The Bertz CT molecular complexity index is 1380. The number of aryl methyl sites for hydroxylation is 2. The van der Waals surface area contributed by atoms with Crippen molar-refractivity contribution in [2.24, 2.45) is 5.92 Å². The fourth-order valence-electron chi connectivity index (χ4n) is 6.83. The van der Waals surface area contributed by atoms with Gasteiger partial charge in [-0.3, -0.25) is 0 Å². The maximum absolute atomic E-state index is 15.8. The van der Waals surface area contributed by atoms with Crippen LogP contribution in [-0.4, -0.2) is 0 Å². The Kier molecular flexibility index (Phi) is 8.94. The topological polar surface area (TPSA) is 23.8 Å². The van der Waals surface area contributed by atoms with Crippen LogP contribution in [0.25, 0.3) is 0 Å². The van der Waals surface area contributed by atoms with Crippen molar-refractivity contribution < 1.29 is 17.6 Å². The number of hydrogen-bond acceptors (Lipinski definition) is 1. The summed E-state index contributed by atoms with van der Waals surface area (Å²) >= 11 is 0. The molecule has 5 rings (SSSR count). The molecule has 1 atom stereocenters. The number of rotatable bonds is 8. The molecule has 3 aromatic carbocycles. The maximum Gasteiger partial charge on any atom is 0.165 e. The number of nitriles is 1. The minimum Gasteiger partial charge on any atom is -0.207 e. The quantitative estimate of drug-likeness (QED) is 0.203. The van der Waals surface area contributed by atoms with Gasteiger partial charge in [-0.2, -0.15) is 5.26 Å². The SMILES string of the molecule is CCCCc1ccc(CCC2CCc3c(F)c(C4CCC(c5ccc(C#N)cc5)CC4)c(F)c(F)c3C2)c(F)c1. The molecule has 5 heteroatoms. The van der Waals surface area contributed by atoms with Crippen LogP contribution >= 0.6 is 0 Å². The predicted molar refractivity (Wildman–Crippen MR) is 150 cm³/mol. The van der Waals surface area contributed by atoms with Gasteiger partial charge in [-0.05, 0) is 134 Å². The van der Waals surface area contributed by atoms with Gasteiger partial charge in [0, 0.05) is 5.56 Å². The van der Waals surface area contributed by atoms with Crippen molar-refractivity contribution in [1.82, 2.24) is 0 Å². The fraction of sp³-hybridized carbons (Fsp3) is 0.457. The first kappa shape index (κ1) is 28.4. The van der Waals surface area contributed by atoms with E-state index in [0.717, 1.165) is 43.2 Å². The lowest BCUT2D eigenvalue weighted by Gasteiger charge is -2.32. The molecule has 210 valence electrons. The third kappa shape index (κ3) is 5.97. The summed E-state index contributed by atoms with van der Waals surface area (Å²) < 4.78 is 61.2. The number of benzene rings is 3. The molecule has 2 aliphatic carbocycles. The van der Waals surface area contributed by atoms with E-state index in [4.69, 9.17) is 5.26 Å². The second-order valence-corrected chi connectivity index (χ2v) is 11.8. The van der Waals surface area contributed by atoms with Gasteiger partial charge in [-0.25, -0.2) is 17.6 Å². The number of fused-ring (bicyclic) bond motifs is 1. The molecule has 1 nitrogen and oxygen atoms in total. The molecule has 0 bridgehead atoms. The highest BCUT2D eigenvalue weighted by Gasteiger charge is 2.34. The van der Waals surface area contributed by atoms with Crippen molar-refractivity contribution in [3.63, 3.8) is 0 Å². The molecule has 0 aliphatic heterocycles. The summed E-state index contributed by atoms with van der Waals surface area (Å²) in [6, 6.07) is 15.1. The summed E-state index contributed by atoms with van der Waals surface area (Å²) in [5.41, 5.74) is 3.84. The van der Waals surface area contributed by atoms with Crippen molar-refractivity contribution in [1.29, 1.82) is 5.26 Å². The zero-order valence-electron chi connectivity index (χ0n) is 23.2. The first-order valence-corrected chi connectivity index (χ1v) is 14.8. The van der Waals surface area contributed by atoms with Gasteiger partial charge < -0.3 is 0 Å². The van der Waals surface area contributed by atoms with Crippen LogP contribution in [0.15, 0.2) is 42.5 Å². The van der Waals surface area contributed by atoms with Crippen molar-refractivity contribution in [2.45, 2.75) is 95.8 Å². The smallest absolute Gasteiger partial charge is 0.165 e. The van der Waals surface area contributed by atoms with Crippen LogP contribution in [0, 0.1) is 40.5 Å². The summed E-state index contributed by atoms with van der Waals surface area (Å²) in [5, 5.41) is 9.02. The number of nitrogens with zero attached hydrogens (tertiary/aromatic N) is 1. The molecule has 2 aliphatic rings. The lowest BCUT2D eigenvalue weighted by Crippen LogP contribution is -2.22. The average molecular weight is 548 g/mol. The van der Waals surface area contributed by atoms with Gasteiger partial charge in [0.2, 0.25) is 0 Å². The maximum atomic E-state index is 15.8. The largest absolute Gasteiger partial charge is 0.207 e. The highest BCUT2D eigenvalue weighted by molar-refractivity contribution is 5.41. The third-order valence-electron chi connectivity index (χ3n) is 9.26. The highest BCUT2D eigenvalue weighted by Crippen LogP contribution is 2.44. The van der Waals surface area contributed by atoms with E-state index in [1.54, 1.807) is 18.2 Å². The van der Waals surface area contributed by atoms with Crippen molar-refractivity contribution in [2.75, 3.05) is 0 Å². The standard InChI is InChI=1S/C35H37F4N/c1-2-3-4-22-5-12-27(31(36)20-22)13-6-23-9-18-29-30(19-23)34(38)35(39)32(33(29)37)28-16-14-26(15-17-28)25-10-7-24(21-40)8-11-25/h5,7-8,10-12,20,23,26,28H,2-4,6,9,13-19H2,1H3. The van der Waals surface area contributed by atoms with Crippen LogP contribution in [0.1, 0.15) is 109 Å². The summed E-state index contributed by atoms with van der Waals surface area (Å²) in [6.07, 6.45) is 8.25. The average Bonchev–Trinajstić information content (AvgIpc) is 2.99. The second kappa shape index (κ2) is 12.6. The van der Waals surface area contributed by atoms with E-state index < -0.39 is 17.5 Å². The van der Waals surface area contributed by atoms with E-state index in [9.17, 15) is 4.39 Å². The van der Waals surface area contributed by atoms with E-state index in [2.05, 4.69) is 13.0 Å². The Morgan fingerprint density at radius 3 is 2.20 bits per heavy atom. The van der Waals surface area contributed by atoms with E-state index in [1.807, 2.05) is 24.3 Å². The Labute approximate surface area is 235 Å². The van der Waals surface area contributed by atoms with Crippen LogP contribution in [-0.2, 0) is 25.7 Å². The number of hydrogen-bond donors (Lipinski definition) is 0. The van der Waals surface area contributed by atoms with Gasteiger partial charge in [0.05, 0.1) is 11.6 Å². The highest BCUT2D eigenvalue weighted by atomic mass is 19.2. The zero-order chi connectivity index (χ0) is 28.2. The zero-order valence-corrected chi connectivity index (χ0v) is 23.2. The molecule has 0 spiro atoms. The summed E-state index contributed by atoms with van der Waals surface area (Å²) in [6.45, 7) is 2.11. The molecular formula is C35H37F4N. The van der Waals surface area contributed by atoms with Gasteiger partial charge in [-0.1, -0.05) is 37.6 Å². The van der Waals surface area contributed by atoms with Gasteiger partial charge in [0.25, 0.3) is 0 Å². The first-order valence-electron chi connectivity index (χ1n) is 14.8. The van der Waals surface area contributed by atoms with Gasteiger partial charge >= 0.3 is 0 Å².